The first kappa shape index (κ1) is 20.8. The highest BCUT2D eigenvalue weighted by molar-refractivity contribution is 8.18. The fourth-order valence-electron chi connectivity index (χ4n) is 2.64. The summed E-state index contributed by atoms with van der Waals surface area (Å²) in [6, 6.07) is 10.3. The van der Waals surface area contributed by atoms with E-state index in [1.54, 1.807) is 49.5 Å². The first-order valence-corrected chi connectivity index (χ1v) is 9.69. The number of halogens is 1. The largest absolute Gasteiger partial charge is 0.508 e. The lowest BCUT2D eigenvalue weighted by Crippen LogP contribution is -2.23. The number of methoxy groups -OCH3 is 2. The number of hydrogen-bond acceptors (Lipinski definition) is 6. The van der Waals surface area contributed by atoms with Gasteiger partial charge >= 0.3 is 0 Å². The van der Waals surface area contributed by atoms with E-state index in [9.17, 15) is 9.90 Å². The molecule has 0 unspecified atom stereocenters. The minimum atomic E-state index is -0.192. The fraction of sp³-hybridized carbons (Fsp3) is 0.143. The number of thioether (sulfide) groups is 1. The van der Waals surface area contributed by atoms with Gasteiger partial charge in [-0.2, -0.15) is 0 Å². The third-order valence-corrected chi connectivity index (χ3v) is 5.58. The van der Waals surface area contributed by atoms with E-state index < -0.39 is 0 Å². The summed E-state index contributed by atoms with van der Waals surface area (Å²) in [5.74, 6) is 0.791. The number of carbonyl (C=O) groups is 1. The van der Waals surface area contributed by atoms with Crippen LogP contribution in [0.15, 0.2) is 52.9 Å². The molecule has 2 aromatic rings. The number of aliphatic hydroxyl groups excluding tert-OH is 1. The number of benzene rings is 2. The van der Waals surface area contributed by atoms with Crippen LogP contribution in [0, 0.1) is 0 Å². The Kier molecular flexibility index (Phi) is 6.20. The molecule has 1 aliphatic heterocycles. The second-order valence-electron chi connectivity index (χ2n) is 6.09. The SMILES string of the molecule is C=C(O)c1cccc(N=C2S/C(=C\c3cc(OC)c(OC)cc3Cl)C(=O)N2C)c1. The molecule has 150 valence electrons. The predicted octanol–water partition coefficient (Wildman–Crippen LogP) is 5.12. The maximum Gasteiger partial charge on any atom is 0.266 e. The molecule has 29 heavy (non-hydrogen) atoms. The van der Waals surface area contributed by atoms with Gasteiger partial charge < -0.3 is 14.6 Å². The molecule has 6 nitrogen and oxygen atoms in total. The van der Waals surface area contributed by atoms with Gasteiger partial charge in [0.25, 0.3) is 5.91 Å². The Labute approximate surface area is 178 Å². The molecule has 0 aromatic heterocycles. The molecule has 0 spiro atoms. The monoisotopic (exact) mass is 430 g/mol. The van der Waals surface area contributed by atoms with Gasteiger partial charge in [0.2, 0.25) is 0 Å². The van der Waals surface area contributed by atoms with Gasteiger partial charge in [0.05, 0.1) is 29.8 Å². The lowest BCUT2D eigenvalue weighted by Gasteiger charge is -2.10. The van der Waals surface area contributed by atoms with Gasteiger partial charge in [-0.05, 0) is 41.6 Å². The van der Waals surface area contributed by atoms with Crippen molar-refractivity contribution in [3.63, 3.8) is 0 Å². The number of aliphatic hydroxyl groups is 1. The molecule has 0 bridgehead atoms. The van der Waals surface area contributed by atoms with E-state index in [0.29, 0.717) is 43.4 Å². The highest BCUT2D eigenvalue weighted by Crippen LogP contribution is 2.38. The number of ether oxygens (including phenoxy) is 2. The molecule has 0 saturated carbocycles. The van der Waals surface area contributed by atoms with Gasteiger partial charge in [0.1, 0.15) is 5.76 Å². The smallest absolute Gasteiger partial charge is 0.266 e. The highest BCUT2D eigenvalue weighted by atomic mass is 35.5. The number of amides is 1. The molecule has 1 saturated heterocycles. The first-order chi connectivity index (χ1) is 13.8. The zero-order valence-electron chi connectivity index (χ0n) is 16.1. The van der Waals surface area contributed by atoms with E-state index in [2.05, 4.69) is 11.6 Å². The number of hydrogen-bond donors (Lipinski definition) is 1. The summed E-state index contributed by atoms with van der Waals surface area (Å²) >= 11 is 7.57. The minimum absolute atomic E-state index is 0.0424. The van der Waals surface area contributed by atoms with Crippen molar-refractivity contribution in [2.75, 3.05) is 21.3 Å². The Balaban J connectivity index is 1.95. The summed E-state index contributed by atoms with van der Waals surface area (Å²) in [4.78, 5) is 19.1. The van der Waals surface area contributed by atoms with Crippen molar-refractivity contribution in [2.45, 2.75) is 0 Å². The molecule has 1 amide bonds. The van der Waals surface area contributed by atoms with Crippen molar-refractivity contribution in [1.82, 2.24) is 4.90 Å². The summed E-state index contributed by atoms with van der Waals surface area (Å²) in [7, 11) is 4.72. The van der Waals surface area contributed by atoms with Crippen molar-refractivity contribution >= 4 is 52.0 Å². The highest BCUT2D eigenvalue weighted by Gasteiger charge is 2.30. The van der Waals surface area contributed by atoms with E-state index in [-0.39, 0.29) is 11.7 Å². The van der Waals surface area contributed by atoms with Crippen molar-refractivity contribution in [1.29, 1.82) is 0 Å². The second-order valence-corrected chi connectivity index (χ2v) is 7.51. The predicted molar refractivity (Wildman–Crippen MR) is 118 cm³/mol. The molecule has 8 heteroatoms. The van der Waals surface area contributed by atoms with Gasteiger partial charge in [-0.15, -0.1) is 0 Å². The van der Waals surface area contributed by atoms with Gasteiger partial charge in [-0.1, -0.05) is 30.3 Å². The van der Waals surface area contributed by atoms with Crippen molar-refractivity contribution in [3.8, 4) is 11.5 Å². The van der Waals surface area contributed by atoms with E-state index in [1.807, 2.05) is 0 Å². The zero-order chi connectivity index (χ0) is 21.1. The topological polar surface area (TPSA) is 71.4 Å². The molecule has 1 heterocycles. The number of aliphatic imine (C=N–C) groups is 1. The number of rotatable bonds is 5. The minimum Gasteiger partial charge on any atom is -0.508 e. The summed E-state index contributed by atoms with van der Waals surface area (Å²) in [6.07, 6.45) is 1.70. The van der Waals surface area contributed by atoms with E-state index >= 15 is 0 Å². The Morgan fingerprint density at radius 1 is 1.24 bits per heavy atom. The first-order valence-electron chi connectivity index (χ1n) is 8.50. The van der Waals surface area contributed by atoms with Crippen molar-refractivity contribution < 1.29 is 19.4 Å². The maximum atomic E-state index is 12.7. The maximum absolute atomic E-state index is 12.7. The van der Waals surface area contributed by atoms with Gasteiger partial charge in [-0.3, -0.25) is 9.69 Å². The van der Waals surface area contributed by atoms with E-state index in [4.69, 9.17) is 21.1 Å². The van der Waals surface area contributed by atoms with Gasteiger partial charge in [0.15, 0.2) is 16.7 Å². The van der Waals surface area contributed by atoms with Crippen LogP contribution < -0.4 is 9.47 Å². The lowest BCUT2D eigenvalue weighted by atomic mass is 10.1. The van der Waals surface area contributed by atoms with Crippen LogP contribution in [0.1, 0.15) is 11.1 Å². The average molecular weight is 431 g/mol. The number of carbonyl (C=O) groups excluding carboxylic acids is 1. The Morgan fingerprint density at radius 2 is 1.93 bits per heavy atom. The van der Waals surface area contributed by atoms with Crippen molar-refractivity contribution in [3.05, 3.63) is 64.0 Å². The quantitative estimate of drug-likeness (QED) is 0.526. The number of nitrogens with zero attached hydrogens (tertiary/aromatic N) is 2. The Morgan fingerprint density at radius 3 is 2.59 bits per heavy atom. The van der Waals surface area contributed by atoms with Crippen LogP contribution in [0.5, 0.6) is 11.5 Å². The summed E-state index contributed by atoms with van der Waals surface area (Å²) in [5.41, 5.74) is 1.80. The van der Waals surface area contributed by atoms with Crippen LogP contribution in [0.25, 0.3) is 11.8 Å². The zero-order valence-corrected chi connectivity index (χ0v) is 17.7. The fourth-order valence-corrected chi connectivity index (χ4v) is 3.82. The molecule has 0 radical (unpaired) electrons. The third-order valence-electron chi connectivity index (χ3n) is 4.20. The molecular formula is C21H19ClN2O4S. The van der Waals surface area contributed by atoms with Crippen LogP contribution in [0.2, 0.25) is 5.02 Å². The molecule has 0 atom stereocenters. The van der Waals surface area contributed by atoms with Crippen molar-refractivity contribution in [2.24, 2.45) is 4.99 Å². The molecule has 1 fully saturated rings. The molecular weight excluding hydrogens is 412 g/mol. The summed E-state index contributed by atoms with van der Waals surface area (Å²) in [5, 5.41) is 10.5. The van der Waals surface area contributed by atoms with Crippen LogP contribution in [0.4, 0.5) is 5.69 Å². The summed E-state index contributed by atoms with van der Waals surface area (Å²) in [6.45, 7) is 3.52. The average Bonchev–Trinajstić information content (AvgIpc) is 2.97. The van der Waals surface area contributed by atoms with Gasteiger partial charge in [0, 0.05) is 18.7 Å². The van der Waals surface area contributed by atoms with Crippen LogP contribution in [0.3, 0.4) is 0 Å². The van der Waals surface area contributed by atoms with E-state index in [0.717, 1.165) is 0 Å². The lowest BCUT2D eigenvalue weighted by molar-refractivity contribution is -0.121. The van der Waals surface area contributed by atoms with E-state index in [1.165, 1.54) is 30.9 Å². The standard InChI is InChI=1S/C21H19ClN2O4S/c1-12(25)13-6-5-7-15(8-13)23-21-24(2)20(26)19(29-21)10-14-9-17(27-3)18(28-4)11-16(14)22/h5-11,25H,1H2,2-4H3/b19-10-,23-21?. The normalized spacial score (nSPS) is 16.6. The number of likely N-dealkylation sites (N-methyl/N-ethyl adjacent to an activating group) is 1. The Hall–Kier alpha value is -2.90. The molecule has 3 rings (SSSR count). The second kappa shape index (κ2) is 8.63. The molecule has 0 aliphatic carbocycles. The third kappa shape index (κ3) is 4.41. The molecule has 2 aromatic carbocycles. The molecule has 1 N–H and O–H groups in total. The number of amidine groups is 1. The van der Waals surface area contributed by atoms with Crippen LogP contribution in [-0.4, -0.2) is 42.3 Å². The van der Waals surface area contributed by atoms with Crippen LogP contribution >= 0.6 is 23.4 Å². The van der Waals surface area contributed by atoms with Gasteiger partial charge in [-0.25, -0.2) is 4.99 Å². The molecule has 1 aliphatic rings. The Bertz CT molecular complexity index is 1050. The summed E-state index contributed by atoms with van der Waals surface area (Å²) < 4.78 is 10.5. The van der Waals surface area contributed by atoms with Crippen LogP contribution in [-0.2, 0) is 4.79 Å².